The summed E-state index contributed by atoms with van der Waals surface area (Å²) in [5.74, 6) is 1.74. The van der Waals surface area contributed by atoms with Gasteiger partial charge >= 0.3 is 0 Å². The van der Waals surface area contributed by atoms with Crippen molar-refractivity contribution in [1.82, 2.24) is 19.5 Å². The van der Waals surface area contributed by atoms with E-state index in [1.807, 2.05) is 66.0 Å². The van der Waals surface area contributed by atoms with E-state index in [0.717, 1.165) is 61.2 Å². The van der Waals surface area contributed by atoms with Crippen LogP contribution in [-0.4, -0.2) is 19.5 Å². The van der Waals surface area contributed by atoms with Gasteiger partial charge in [-0.2, -0.15) is 0 Å². The molecule has 0 fully saturated rings. The van der Waals surface area contributed by atoms with Gasteiger partial charge in [0.25, 0.3) is 0 Å². The van der Waals surface area contributed by atoms with Gasteiger partial charge in [-0.1, -0.05) is 207 Å². The molecule has 0 radical (unpaired) electrons. The molecule has 320 valence electrons. The van der Waals surface area contributed by atoms with E-state index in [2.05, 4.69) is 193 Å². The summed E-state index contributed by atoms with van der Waals surface area (Å²) >= 11 is 1.85. The zero-order chi connectivity index (χ0) is 45.4. The number of hydrogen-bond acceptors (Lipinski definition) is 4. The Kier molecular flexibility index (Phi) is 10.5. The first-order chi connectivity index (χ1) is 33.7. The summed E-state index contributed by atoms with van der Waals surface area (Å²) in [7, 11) is 0. The quantitative estimate of drug-likeness (QED) is 0.129. The molecule has 0 aliphatic heterocycles. The van der Waals surface area contributed by atoms with Crippen molar-refractivity contribution < 1.29 is 0 Å². The number of fused-ring (bicyclic) bond motifs is 6. The Balaban J connectivity index is 1.18. The summed E-state index contributed by atoms with van der Waals surface area (Å²) < 4.78 is 5.04. The number of rotatable bonds is 10. The van der Waals surface area contributed by atoms with Gasteiger partial charge < -0.3 is 4.57 Å². The predicted octanol–water partition coefficient (Wildman–Crippen LogP) is 17.1. The normalized spacial score (nSPS) is 11.8. The average molecular weight is 887 g/mol. The van der Waals surface area contributed by atoms with Crippen LogP contribution in [0.1, 0.15) is 5.82 Å². The molecule has 0 aliphatic rings. The molecule has 12 aromatic rings. The molecule has 0 amide bonds. The van der Waals surface area contributed by atoms with Crippen LogP contribution >= 0.6 is 11.3 Å². The molecule has 0 saturated carbocycles. The maximum absolute atomic E-state index is 5.25. The minimum absolute atomic E-state index is 0.559. The van der Waals surface area contributed by atoms with Crippen molar-refractivity contribution in [3.8, 4) is 73.0 Å². The molecule has 4 nitrogen and oxygen atoms in total. The third-order valence-corrected chi connectivity index (χ3v) is 13.8. The maximum Gasteiger partial charge on any atom is 0.164 e. The Morgan fingerprint density at radius 3 is 1.50 bits per heavy atom. The third kappa shape index (κ3) is 7.51. The van der Waals surface area contributed by atoms with Crippen LogP contribution in [0.3, 0.4) is 0 Å². The fraction of sp³-hybridized carbons (Fsp3) is 0. The molecule has 0 unspecified atom stereocenters. The fourth-order valence-corrected chi connectivity index (χ4v) is 10.5. The molecule has 0 bridgehead atoms. The van der Waals surface area contributed by atoms with E-state index in [9.17, 15) is 0 Å². The highest BCUT2D eigenvalue weighted by Crippen LogP contribution is 2.46. The molecule has 12 rings (SSSR count). The van der Waals surface area contributed by atoms with E-state index in [4.69, 9.17) is 15.0 Å². The number of thiophene rings is 1. The lowest BCUT2D eigenvalue weighted by Gasteiger charge is -2.21. The van der Waals surface area contributed by atoms with Crippen LogP contribution in [-0.2, 0) is 0 Å². The highest BCUT2D eigenvalue weighted by Gasteiger charge is 2.24. The average Bonchev–Trinajstić information content (AvgIpc) is 3.94. The van der Waals surface area contributed by atoms with Crippen LogP contribution in [0.4, 0.5) is 0 Å². The highest BCUT2D eigenvalue weighted by molar-refractivity contribution is 7.25. The summed E-state index contributed by atoms with van der Waals surface area (Å²) in [5.41, 5.74) is 14.0. The van der Waals surface area contributed by atoms with Gasteiger partial charge in [0.1, 0.15) is 0 Å². The van der Waals surface area contributed by atoms with Gasteiger partial charge in [0.05, 0.1) is 16.7 Å². The number of nitrogens with zero attached hydrogens (tertiary/aromatic N) is 4. The van der Waals surface area contributed by atoms with Crippen molar-refractivity contribution >= 4 is 59.4 Å². The lowest BCUT2D eigenvalue weighted by molar-refractivity contribution is 1.04. The van der Waals surface area contributed by atoms with Crippen molar-refractivity contribution in [2.24, 2.45) is 0 Å². The SMILES string of the molecule is C=C/C=C\C=C\c1nc(-c2ccccc2)nc(-c2cc(-c3ccc(-c4ccccc4)cc3)c(-n3c4ccccc4c4cc5c(cc43)sc3ccccc35)c(-c3ccc(-c4ccccc4)cc3)c2)n1. The monoisotopic (exact) mass is 886 g/mol. The number of aromatic nitrogens is 4. The first-order valence-electron chi connectivity index (χ1n) is 22.8. The van der Waals surface area contributed by atoms with E-state index < -0.39 is 0 Å². The van der Waals surface area contributed by atoms with Crippen molar-refractivity contribution in [3.05, 3.63) is 249 Å². The van der Waals surface area contributed by atoms with E-state index in [1.165, 1.54) is 42.1 Å². The largest absolute Gasteiger partial charge is 0.308 e. The first-order valence-corrected chi connectivity index (χ1v) is 23.6. The highest BCUT2D eigenvalue weighted by atomic mass is 32.1. The first kappa shape index (κ1) is 40.7. The predicted molar refractivity (Wildman–Crippen MR) is 288 cm³/mol. The summed E-state index contributed by atoms with van der Waals surface area (Å²) in [6, 6.07) is 76.2. The van der Waals surface area contributed by atoms with Crippen molar-refractivity contribution in [2.75, 3.05) is 0 Å². The molecule has 5 heteroatoms. The smallest absolute Gasteiger partial charge is 0.164 e. The van der Waals surface area contributed by atoms with Gasteiger partial charge in [0.2, 0.25) is 0 Å². The van der Waals surface area contributed by atoms with Crippen LogP contribution in [0, 0.1) is 0 Å². The van der Waals surface area contributed by atoms with Gasteiger partial charge in [-0.25, -0.2) is 15.0 Å². The van der Waals surface area contributed by atoms with Crippen molar-refractivity contribution in [2.45, 2.75) is 0 Å². The van der Waals surface area contributed by atoms with Gasteiger partial charge in [-0.05, 0) is 75.9 Å². The molecule has 68 heavy (non-hydrogen) atoms. The number of hydrogen-bond donors (Lipinski definition) is 0. The molecule has 0 N–H and O–H groups in total. The second-order valence-corrected chi connectivity index (χ2v) is 17.9. The fourth-order valence-electron chi connectivity index (χ4n) is 9.42. The van der Waals surface area contributed by atoms with Crippen LogP contribution in [0.15, 0.2) is 243 Å². The molecule has 0 atom stereocenters. The summed E-state index contributed by atoms with van der Waals surface area (Å²) in [5, 5.41) is 4.97. The Hall–Kier alpha value is -8.77. The van der Waals surface area contributed by atoms with Gasteiger partial charge in [0, 0.05) is 53.2 Å². The topological polar surface area (TPSA) is 43.6 Å². The zero-order valence-corrected chi connectivity index (χ0v) is 37.8. The molecule has 3 heterocycles. The van der Waals surface area contributed by atoms with E-state index in [1.54, 1.807) is 6.08 Å². The lowest BCUT2D eigenvalue weighted by Crippen LogP contribution is -2.04. The molecule has 0 saturated heterocycles. The number of benzene rings is 9. The molecular formula is C63H42N4S. The van der Waals surface area contributed by atoms with E-state index in [0.29, 0.717) is 17.5 Å². The molecule has 0 aliphatic carbocycles. The van der Waals surface area contributed by atoms with Crippen LogP contribution in [0.5, 0.6) is 0 Å². The minimum Gasteiger partial charge on any atom is -0.308 e. The maximum atomic E-state index is 5.25. The second-order valence-electron chi connectivity index (χ2n) is 16.8. The zero-order valence-electron chi connectivity index (χ0n) is 37.0. The Bertz CT molecular complexity index is 3780. The number of para-hydroxylation sites is 1. The van der Waals surface area contributed by atoms with Gasteiger partial charge in [-0.3, -0.25) is 0 Å². The van der Waals surface area contributed by atoms with Crippen LogP contribution < -0.4 is 0 Å². The van der Waals surface area contributed by atoms with Gasteiger partial charge in [0.15, 0.2) is 17.5 Å². The second kappa shape index (κ2) is 17.6. The molecule has 0 spiro atoms. The van der Waals surface area contributed by atoms with E-state index >= 15 is 0 Å². The lowest BCUT2D eigenvalue weighted by atomic mass is 9.91. The third-order valence-electron chi connectivity index (χ3n) is 12.7. The van der Waals surface area contributed by atoms with Crippen LogP contribution in [0.2, 0.25) is 0 Å². The molecular weight excluding hydrogens is 845 g/mol. The Morgan fingerprint density at radius 1 is 0.368 bits per heavy atom. The summed E-state index contributed by atoms with van der Waals surface area (Å²) in [6.45, 7) is 3.84. The number of allylic oxidation sites excluding steroid dienone is 4. The standard InChI is InChI=1S/C63H42N4S/c1-2-3-4-14-29-60-64-62(48-23-12-7-13-24-48)66-63(65-60)49-38-52(46-34-30-44(31-35-46)42-19-8-5-9-20-42)61(53(39-49)47-36-32-45(33-37-47)43-21-10-6-11-22-43)67-56-27-17-15-25-50(56)54-40-55-51-26-16-18-28-58(51)68-59(55)41-57(54)67/h2-41H,1H2/b4-3-,29-14+. The Labute approximate surface area is 398 Å². The minimum atomic E-state index is 0.559. The summed E-state index contributed by atoms with van der Waals surface area (Å²) in [4.78, 5) is 15.4. The molecule has 3 aromatic heterocycles. The van der Waals surface area contributed by atoms with Crippen LogP contribution in [0.25, 0.3) is 121 Å². The Morgan fingerprint density at radius 2 is 0.882 bits per heavy atom. The van der Waals surface area contributed by atoms with Gasteiger partial charge in [-0.15, -0.1) is 11.3 Å². The summed E-state index contributed by atoms with van der Waals surface area (Å²) in [6.07, 6.45) is 9.43. The van der Waals surface area contributed by atoms with E-state index in [-0.39, 0.29) is 0 Å². The van der Waals surface area contributed by atoms with Crippen molar-refractivity contribution in [3.63, 3.8) is 0 Å². The molecule has 9 aromatic carbocycles. The van der Waals surface area contributed by atoms with Crippen molar-refractivity contribution in [1.29, 1.82) is 0 Å².